The van der Waals surface area contributed by atoms with E-state index in [4.69, 9.17) is 4.42 Å². The van der Waals surface area contributed by atoms with Gasteiger partial charge in [-0.1, -0.05) is 152 Å². The van der Waals surface area contributed by atoms with Crippen LogP contribution >= 0.6 is 11.3 Å². The number of nitrogens with zero attached hydrogens (tertiary/aromatic N) is 1. The van der Waals surface area contributed by atoms with Gasteiger partial charge in [0.05, 0.1) is 5.69 Å². The van der Waals surface area contributed by atoms with Crippen LogP contribution in [0.25, 0.3) is 97.4 Å². The molecule has 0 aliphatic carbocycles. The second-order valence-electron chi connectivity index (χ2n) is 15.7. The smallest absolute Gasteiger partial charge is 0.137 e. The van der Waals surface area contributed by atoms with Gasteiger partial charge in [-0.3, -0.25) is 0 Å². The molecule has 3 heteroatoms. The Hall–Kier alpha value is -7.72. The predicted molar refractivity (Wildman–Crippen MR) is 261 cm³/mol. The van der Waals surface area contributed by atoms with Crippen LogP contribution in [0.15, 0.2) is 229 Å². The molecule has 0 radical (unpaired) electrons. The maximum Gasteiger partial charge on any atom is 0.137 e. The van der Waals surface area contributed by atoms with Gasteiger partial charge < -0.3 is 9.32 Å². The third-order valence-corrected chi connectivity index (χ3v) is 13.2. The average Bonchev–Trinajstić information content (AvgIpc) is 3.90. The van der Waals surface area contributed by atoms with Crippen LogP contribution in [0.3, 0.4) is 0 Å². The molecule has 0 bridgehead atoms. The number of hydrogen-bond acceptors (Lipinski definition) is 3. The zero-order valence-corrected chi connectivity index (χ0v) is 33.9. The Balaban J connectivity index is 1.06. The highest BCUT2D eigenvalue weighted by atomic mass is 32.1. The van der Waals surface area contributed by atoms with E-state index in [1.807, 2.05) is 11.3 Å². The number of hydrogen-bond donors (Lipinski definition) is 0. The third-order valence-electron chi connectivity index (χ3n) is 12.0. The summed E-state index contributed by atoms with van der Waals surface area (Å²) in [5.74, 6) is 0. The van der Waals surface area contributed by atoms with Crippen LogP contribution in [0.2, 0.25) is 0 Å². The van der Waals surface area contributed by atoms with Crippen molar-refractivity contribution in [1.29, 1.82) is 0 Å². The third kappa shape index (κ3) is 6.18. The monoisotopic (exact) mass is 795 g/mol. The molecule has 12 rings (SSSR count). The predicted octanol–water partition coefficient (Wildman–Crippen LogP) is 17.2. The number of anilines is 3. The van der Waals surface area contributed by atoms with Gasteiger partial charge in [0.1, 0.15) is 11.2 Å². The van der Waals surface area contributed by atoms with Crippen LogP contribution in [-0.4, -0.2) is 0 Å². The summed E-state index contributed by atoms with van der Waals surface area (Å²) in [5.41, 5.74) is 14.6. The van der Waals surface area contributed by atoms with Gasteiger partial charge in [0.25, 0.3) is 0 Å². The van der Waals surface area contributed by atoms with Crippen molar-refractivity contribution in [2.45, 2.75) is 0 Å². The Morgan fingerprint density at radius 1 is 0.344 bits per heavy atom. The zero-order chi connectivity index (χ0) is 40.3. The Morgan fingerprint density at radius 3 is 1.56 bits per heavy atom. The lowest BCUT2D eigenvalue weighted by atomic mass is 9.93. The summed E-state index contributed by atoms with van der Waals surface area (Å²) in [7, 11) is 0. The quantitative estimate of drug-likeness (QED) is 0.160. The summed E-state index contributed by atoms with van der Waals surface area (Å²) in [5, 5.41) is 7.11. The van der Waals surface area contributed by atoms with Crippen LogP contribution in [0.5, 0.6) is 0 Å². The minimum atomic E-state index is 0.864. The van der Waals surface area contributed by atoms with Crippen molar-refractivity contribution in [3.05, 3.63) is 224 Å². The molecule has 0 saturated carbocycles. The van der Waals surface area contributed by atoms with Crippen LogP contribution in [0.4, 0.5) is 17.1 Å². The van der Waals surface area contributed by atoms with Crippen molar-refractivity contribution in [2.75, 3.05) is 4.90 Å². The minimum Gasteiger partial charge on any atom is -0.456 e. The first-order chi connectivity index (χ1) is 30.2. The summed E-state index contributed by atoms with van der Waals surface area (Å²) in [4.78, 5) is 2.42. The van der Waals surface area contributed by atoms with Crippen LogP contribution in [0.1, 0.15) is 0 Å². The van der Waals surface area contributed by atoms with E-state index in [1.165, 1.54) is 69.9 Å². The minimum absolute atomic E-state index is 0.864. The SMILES string of the molecule is c1ccc(-c2cc(-c3ccccc3)cc(-c3ccc(N(c4ccc5c(c4)oc4cc6ccccc6cc45)c4ccc(-c5ccccc5)c5sc6ccccc6c45)cc3)c2)cc1. The number of thiophene rings is 1. The van der Waals surface area contributed by atoms with Gasteiger partial charge in [0.15, 0.2) is 0 Å². The highest BCUT2D eigenvalue weighted by Gasteiger charge is 2.22. The van der Waals surface area contributed by atoms with Crippen LogP contribution < -0.4 is 4.90 Å². The van der Waals surface area contributed by atoms with Crippen molar-refractivity contribution < 1.29 is 4.42 Å². The second-order valence-corrected chi connectivity index (χ2v) is 16.7. The topological polar surface area (TPSA) is 16.4 Å². The first-order valence-electron chi connectivity index (χ1n) is 20.7. The fourth-order valence-corrected chi connectivity index (χ4v) is 10.3. The zero-order valence-electron chi connectivity index (χ0n) is 33.1. The van der Waals surface area contributed by atoms with E-state index in [0.717, 1.165) is 44.6 Å². The number of benzene rings is 10. The maximum absolute atomic E-state index is 6.69. The van der Waals surface area contributed by atoms with Gasteiger partial charge in [-0.15, -0.1) is 11.3 Å². The molecular weight excluding hydrogens is 759 g/mol. The van der Waals surface area contributed by atoms with Gasteiger partial charge in [-0.25, -0.2) is 0 Å². The second kappa shape index (κ2) is 14.5. The first kappa shape index (κ1) is 35.2. The Labute approximate surface area is 357 Å². The van der Waals surface area contributed by atoms with E-state index in [0.29, 0.717) is 0 Å². The maximum atomic E-state index is 6.69. The summed E-state index contributed by atoms with van der Waals surface area (Å²) < 4.78 is 9.23. The standard InChI is InChI=1S/C58H37NOS/c1-4-14-38(15-5-1)44-32-45(39-16-6-2-7-17-39)34-46(33-44)40-24-26-47(27-25-40)59(48-28-29-50-52-35-42-20-10-11-21-43(42)36-54(52)60-55(50)37-48)53-31-30-49(41-18-8-3-9-19-41)58-57(53)51-22-12-13-23-56(51)61-58/h1-37H. The molecule has 0 unspecified atom stereocenters. The Bertz CT molecular complexity index is 3510. The average molecular weight is 796 g/mol. The van der Waals surface area contributed by atoms with E-state index in [1.54, 1.807) is 0 Å². The molecular formula is C58H37NOS. The lowest BCUT2D eigenvalue weighted by Gasteiger charge is -2.27. The summed E-state index contributed by atoms with van der Waals surface area (Å²) in [6.07, 6.45) is 0. The lowest BCUT2D eigenvalue weighted by Crippen LogP contribution is -2.10. The molecule has 61 heavy (non-hydrogen) atoms. The van der Waals surface area contributed by atoms with Crippen molar-refractivity contribution in [3.63, 3.8) is 0 Å². The van der Waals surface area contributed by atoms with Gasteiger partial charge in [0, 0.05) is 48.4 Å². The number of rotatable bonds is 7. The lowest BCUT2D eigenvalue weighted by molar-refractivity contribution is 0.669. The molecule has 12 aromatic rings. The Kier molecular flexibility index (Phi) is 8.39. The van der Waals surface area contributed by atoms with Crippen LogP contribution in [-0.2, 0) is 0 Å². The van der Waals surface area contributed by atoms with Crippen molar-refractivity contribution >= 4 is 81.3 Å². The summed E-state index contributed by atoms with van der Waals surface area (Å²) in [6, 6.07) is 81.2. The van der Waals surface area contributed by atoms with Gasteiger partial charge >= 0.3 is 0 Å². The normalized spacial score (nSPS) is 11.6. The largest absolute Gasteiger partial charge is 0.456 e. The van der Waals surface area contributed by atoms with E-state index in [9.17, 15) is 0 Å². The molecule has 0 atom stereocenters. The highest BCUT2D eigenvalue weighted by Crippen LogP contribution is 2.49. The summed E-state index contributed by atoms with van der Waals surface area (Å²) in [6.45, 7) is 0. The number of furan rings is 1. The van der Waals surface area contributed by atoms with E-state index in [2.05, 4.69) is 229 Å². The fraction of sp³-hybridized carbons (Fsp3) is 0. The van der Waals surface area contributed by atoms with Crippen molar-refractivity contribution in [3.8, 4) is 44.5 Å². The summed E-state index contributed by atoms with van der Waals surface area (Å²) >= 11 is 1.87. The molecule has 0 N–H and O–H groups in total. The molecule has 286 valence electrons. The van der Waals surface area contributed by atoms with Crippen LogP contribution in [0, 0.1) is 0 Å². The molecule has 0 aliphatic rings. The molecule has 2 nitrogen and oxygen atoms in total. The first-order valence-corrected chi connectivity index (χ1v) is 21.5. The molecule has 0 fully saturated rings. The Morgan fingerprint density at radius 2 is 0.885 bits per heavy atom. The fourth-order valence-electron chi connectivity index (χ4n) is 9.05. The van der Waals surface area contributed by atoms with Gasteiger partial charge in [-0.2, -0.15) is 0 Å². The van der Waals surface area contributed by atoms with Gasteiger partial charge in [0.2, 0.25) is 0 Å². The highest BCUT2D eigenvalue weighted by molar-refractivity contribution is 7.26. The van der Waals surface area contributed by atoms with E-state index < -0.39 is 0 Å². The molecule has 2 aromatic heterocycles. The van der Waals surface area contributed by atoms with E-state index >= 15 is 0 Å². The molecule has 10 aromatic carbocycles. The van der Waals surface area contributed by atoms with Crippen molar-refractivity contribution in [1.82, 2.24) is 0 Å². The molecule has 0 saturated heterocycles. The molecule has 0 spiro atoms. The molecule has 0 aliphatic heterocycles. The van der Waals surface area contributed by atoms with Gasteiger partial charge in [-0.05, 0) is 122 Å². The number of fused-ring (bicyclic) bond motifs is 7. The molecule has 0 amide bonds. The van der Waals surface area contributed by atoms with E-state index in [-0.39, 0.29) is 0 Å². The molecule has 2 heterocycles. The van der Waals surface area contributed by atoms with Crippen molar-refractivity contribution in [2.24, 2.45) is 0 Å².